The van der Waals surface area contributed by atoms with Gasteiger partial charge in [-0.1, -0.05) is 6.07 Å². The minimum atomic E-state index is -4.47. The number of hydrogen-bond acceptors (Lipinski definition) is 2. The van der Waals surface area contributed by atoms with Crippen LogP contribution in [0, 0.1) is 0 Å². The highest BCUT2D eigenvalue weighted by atomic mass is 19.4. The van der Waals surface area contributed by atoms with Crippen molar-refractivity contribution in [1.82, 2.24) is 4.57 Å². The predicted molar refractivity (Wildman–Crippen MR) is 84.8 cm³/mol. The minimum Gasteiger partial charge on any atom is -0.483 e. The van der Waals surface area contributed by atoms with E-state index in [4.69, 9.17) is 4.74 Å². The lowest BCUT2D eigenvalue weighted by Gasteiger charge is -2.36. The number of ether oxygens (including phenoxy) is 1. The van der Waals surface area contributed by atoms with Crippen molar-refractivity contribution in [2.45, 2.75) is 32.5 Å². The number of rotatable bonds is 1. The van der Waals surface area contributed by atoms with Crippen LogP contribution in [0.1, 0.15) is 31.9 Å². The zero-order valence-electron chi connectivity index (χ0n) is 13.4. The van der Waals surface area contributed by atoms with Crippen LogP contribution >= 0.6 is 0 Å². The lowest BCUT2D eigenvalue weighted by Crippen LogP contribution is -2.36. The van der Waals surface area contributed by atoms with Gasteiger partial charge in [0.1, 0.15) is 11.4 Å². The lowest BCUT2D eigenvalue weighted by atomic mass is 9.90. The Labute approximate surface area is 137 Å². The van der Waals surface area contributed by atoms with Crippen molar-refractivity contribution in [3.8, 4) is 5.75 Å². The zero-order chi connectivity index (χ0) is 17.7. The molecule has 2 aromatic rings. The molecule has 3 nitrogen and oxygen atoms in total. The zero-order valence-corrected chi connectivity index (χ0v) is 13.4. The van der Waals surface area contributed by atoms with Crippen LogP contribution in [-0.4, -0.2) is 10.2 Å². The number of benzene rings is 1. The van der Waals surface area contributed by atoms with Gasteiger partial charge >= 0.3 is 6.18 Å². The first kappa shape index (κ1) is 16.4. The van der Waals surface area contributed by atoms with Crippen LogP contribution in [-0.2, 0) is 6.18 Å². The van der Waals surface area contributed by atoms with Gasteiger partial charge in [-0.05, 0) is 50.6 Å². The fraction of sp³-hybridized carbons (Fsp3) is 0.278. The van der Waals surface area contributed by atoms with Gasteiger partial charge in [-0.3, -0.25) is 9.36 Å². The molecule has 0 amide bonds. The van der Waals surface area contributed by atoms with Gasteiger partial charge in [0.2, 0.25) is 0 Å². The van der Waals surface area contributed by atoms with Gasteiger partial charge in [-0.2, -0.15) is 13.2 Å². The Morgan fingerprint density at radius 2 is 1.83 bits per heavy atom. The van der Waals surface area contributed by atoms with E-state index < -0.39 is 17.3 Å². The summed E-state index contributed by atoms with van der Waals surface area (Å²) in [5.74, 6) is 0.323. The fourth-order valence-electron chi connectivity index (χ4n) is 2.74. The van der Waals surface area contributed by atoms with Gasteiger partial charge in [0.15, 0.2) is 0 Å². The van der Waals surface area contributed by atoms with Gasteiger partial charge in [0.25, 0.3) is 5.56 Å². The maximum Gasteiger partial charge on any atom is 0.416 e. The molecule has 0 radical (unpaired) electrons. The first-order valence-corrected chi connectivity index (χ1v) is 7.41. The van der Waals surface area contributed by atoms with E-state index >= 15 is 0 Å². The molecule has 0 aliphatic carbocycles. The van der Waals surface area contributed by atoms with Gasteiger partial charge in [-0.25, -0.2) is 0 Å². The summed E-state index contributed by atoms with van der Waals surface area (Å²) in [6, 6.07) is 7.95. The number of alkyl halides is 3. The molecule has 3 rings (SSSR count). The molecule has 24 heavy (non-hydrogen) atoms. The maximum absolute atomic E-state index is 13.1. The number of nitrogens with zero attached hydrogens (tertiary/aromatic N) is 1. The molecule has 0 N–H and O–H groups in total. The summed E-state index contributed by atoms with van der Waals surface area (Å²) in [5, 5.41) is 0. The Balaban J connectivity index is 2.34. The van der Waals surface area contributed by atoms with E-state index in [9.17, 15) is 18.0 Å². The first-order valence-electron chi connectivity index (χ1n) is 7.41. The first-order chi connectivity index (χ1) is 11.1. The third kappa shape index (κ3) is 2.62. The third-order valence-electron chi connectivity index (χ3n) is 4.25. The monoisotopic (exact) mass is 335 g/mol. The van der Waals surface area contributed by atoms with Crippen LogP contribution < -0.4 is 10.3 Å². The van der Waals surface area contributed by atoms with Crippen molar-refractivity contribution in [3.63, 3.8) is 0 Å². The van der Waals surface area contributed by atoms with Gasteiger partial charge < -0.3 is 4.74 Å². The molecule has 2 heterocycles. The molecule has 0 bridgehead atoms. The van der Waals surface area contributed by atoms with Gasteiger partial charge in [-0.15, -0.1) is 0 Å². The predicted octanol–water partition coefficient (Wildman–Crippen LogP) is 4.32. The molecular weight excluding hydrogens is 319 g/mol. The molecule has 1 aliphatic rings. The standard InChI is InChI=1S/C18H16F3NO2/c1-11-16(22-9-5-4-6-15(22)23)13-10-12(18(19,20)21)7-8-14(13)24-17(11,2)3/h4-10H,1-3H3. The Hall–Kier alpha value is -2.50. The normalized spacial score (nSPS) is 16.6. The van der Waals surface area contributed by atoms with Gasteiger partial charge in [0, 0.05) is 17.8 Å². The fourth-order valence-corrected chi connectivity index (χ4v) is 2.74. The average molecular weight is 335 g/mol. The smallest absolute Gasteiger partial charge is 0.416 e. The third-order valence-corrected chi connectivity index (χ3v) is 4.25. The summed E-state index contributed by atoms with van der Waals surface area (Å²) in [6.07, 6.45) is -2.92. The van der Waals surface area contributed by atoms with E-state index in [0.717, 1.165) is 12.1 Å². The summed E-state index contributed by atoms with van der Waals surface area (Å²) < 4.78 is 46.5. The van der Waals surface area contributed by atoms with Crippen molar-refractivity contribution in [3.05, 3.63) is 69.6 Å². The molecule has 1 aliphatic heterocycles. The molecule has 0 saturated heterocycles. The summed E-state index contributed by atoms with van der Waals surface area (Å²) in [5.41, 5.74) is -0.459. The maximum atomic E-state index is 13.1. The second kappa shape index (κ2) is 5.26. The molecule has 1 aromatic heterocycles. The second-order valence-corrected chi connectivity index (χ2v) is 6.20. The quantitative estimate of drug-likeness (QED) is 0.777. The highest BCUT2D eigenvalue weighted by Gasteiger charge is 2.37. The molecule has 0 saturated carbocycles. The Kier molecular flexibility index (Phi) is 3.59. The highest BCUT2D eigenvalue weighted by Crippen LogP contribution is 2.43. The number of aromatic nitrogens is 1. The van der Waals surface area contributed by atoms with Gasteiger partial charge in [0.05, 0.1) is 11.3 Å². The number of pyridine rings is 1. The van der Waals surface area contributed by atoms with Crippen molar-refractivity contribution in [2.75, 3.05) is 0 Å². The summed E-state index contributed by atoms with van der Waals surface area (Å²) in [7, 11) is 0. The molecule has 6 heteroatoms. The minimum absolute atomic E-state index is 0.259. The van der Waals surface area contributed by atoms with Crippen molar-refractivity contribution >= 4 is 5.70 Å². The van der Waals surface area contributed by atoms with E-state index in [1.807, 2.05) is 13.8 Å². The van der Waals surface area contributed by atoms with Crippen LogP contribution in [0.2, 0.25) is 0 Å². The largest absolute Gasteiger partial charge is 0.483 e. The van der Waals surface area contributed by atoms with Crippen LogP contribution in [0.4, 0.5) is 13.2 Å². The van der Waals surface area contributed by atoms with E-state index in [1.54, 1.807) is 25.3 Å². The molecule has 0 atom stereocenters. The topological polar surface area (TPSA) is 31.2 Å². The average Bonchev–Trinajstić information content (AvgIpc) is 2.48. The van der Waals surface area contributed by atoms with E-state index in [-0.39, 0.29) is 11.1 Å². The van der Waals surface area contributed by atoms with Crippen molar-refractivity contribution < 1.29 is 17.9 Å². The summed E-state index contributed by atoms with van der Waals surface area (Å²) >= 11 is 0. The molecule has 0 spiro atoms. The molecule has 0 unspecified atom stereocenters. The Bertz CT molecular complexity index is 892. The molecule has 1 aromatic carbocycles. The van der Waals surface area contributed by atoms with Crippen LogP contribution in [0.25, 0.3) is 5.70 Å². The van der Waals surface area contributed by atoms with Crippen LogP contribution in [0.5, 0.6) is 5.75 Å². The number of halogens is 3. The van der Waals surface area contributed by atoms with Crippen LogP contribution in [0.3, 0.4) is 0 Å². The molecular formula is C18H16F3NO2. The van der Waals surface area contributed by atoms with E-state index in [0.29, 0.717) is 17.0 Å². The number of fused-ring (bicyclic) bond motifs is 1. The Morgan fingerprint density at radius 1 is 1.12 bits per heavy atom. The number of hydrogen-bond donors (Lipinski definition) is 0. The molecule has 126 valence electrons. The molecule has 0 fully saturated rings. The van der Waals surface area contributed by atoms with Crippen molar-refractivity contribution in [1.29, 1.82) is 0 Å². The summed E-state index contributed by atoms with van der Waals surface area (Å²) in [4.78, 5) is 12.2. The lowest BCUT2D eigenvalue weighted by molar-refractivity contribution is -0.137. The van der Waals surface area contributed by atoms with E-state index in [2.05, 4.69) is 0 Å². The van der Waals surface area contributed by atoms with Crippen LogP contribution in [0.15, 0.2) is 53.0 Å². The SMILES string of the molecule is CC1=C(n2ccccc2=O)c2cc(C(F)(F)F)ccc2OC1(C)C. The Morgan fingerprint density at radius 3 is 2.46 bits per heavy atom. The second-order valence-electron chi connectivity index (χ2n) is 6.20. The van der Waals surface area contributed by atoms with E-state index in [1.165, 1.54) is 16.7 Å². The van der Waals surface area contributed by atoms with Crippen molar-refractivity contribution in [2.24, 2.45) is 0 Å². The summed E-state index contributed by atoms with van der Waals surface area (Å²) in [6.45, 7) is 5.39. The highest BCUT2D eigenvalue weighted by molar-refractivity contribution is 5.76.